The Kier molecular flexibility index (Phi) is 5.89. The lowest BCUT2D eigenvalue weighted by Crippen LogP contribution is -2.44. The van der Waals surface area contributed by atoms with Crippen LogP contribution in [0.15, 0.2) is 23.7 Å². The highest BCUT2D eigenvalue weighted by Crippen LogP contribution is 2.37. The normalized spacial score (nSPS) is 19.4. The highest BCUT2D eigenvalue weighted by molar-refractivity contribution is 7.16. The molecule has 2 saturated heterocycles. The number of amides is 1. The summed E-state index contributed by atoms with van der Waals surface area (Å²) in [6.07, 6.45) is 3.53. The van der Waals surface area contributed by atoms with Crippen molar-refractivity contribution in [2.24, 2.45) is 5.41 Å². The predicted octanol–water partition coefficient (Wildman–Crippen LogP) is 3.36. The van der Waals surface area contributed by atoms with E-state index in [0.29, 0.717) is 5.41 Å². The van der Waals surface area contributed by atoms with E-state index in [1.165, 1.54) is 6.42 Å². The SMILES string of the molecule is Cl.Cl.O=C(c1ccc2ncsc2c1)N1CCC2(CCNC2)CC1. The summed E-state index contributed by atoms with van der Waals surface area (Å²) in [4.78, 5) is 18.9. The second-order valence-electron chi connectivity index (χ2n) is 6.25. The maximum atomic E-state index is 12.7. The molecule has 0 unspecified atom stereocenters. The van der Waals surface area contributed by atoms with Gasteiger partial charge in [-0.1, -0.05) is 0 Å². The van der Waals surface area contributed by atoms with E-state index in [9.17, 15) is 4.79 Å². The van der Waals surface area contributed by atoms with Crippen LogP contribution < -0.4 is 5.32 Å². The minimum Gasteiger partial charge on any atom is -0.339 e. The van der Waals surface area contributed by atoms with Crippen LogP contribution in [0.5, 0.6) is 0 Å². The van der Waals surface area contributed by atoms with Gasteiger partial charge in [-0.3, -0.25) is 4.79 Å². The van der Waals surface area contributed by atoms with Crippen molar-refractivity contribution in [3.05, 3.63) is 29.3 Å². The van der Waals surface area contributed by atoms with Crippen molar-refractivity contribution in [1.29, 1.82) is 0 Å². The molecule has 2 fully saturated rings. The van der Waals surface area contributed by atoms with E-state index in [1.807, 2.05) is 28.6 Å². The number of carbonyl (C=O) groups excluding carboxylic acids is 1. The van der Waals surface area contributed by atoms with E-state index in [4.69, 9.17) is 0 Å². The lowest BCUT2D eigenvalue weighted by atomic mass is 9.78. The first kappa shape index (κ1) is 18.5. The van der Waals surface area contributed by atoms with E-state index in [0.717, 1.165) is 54.8 Å². The molecular weight excluding hydrogens is 353 g/mol. The van der Waals surface area contributed by atoms with Crippen molar-refractivity contribution < 1.29 is 4.79 Å². The molecule has 126 valence electrons. The summed E-state index contributed by atoms with van der Waals surface area (Å²) in [6, 6.07) is 5.84. The van der Waals surface area contributed by atoms with Gasteiger partial charge in [0.15, 0.2) is 0 Å². The summed E-state index contributed by atoms with van der Waals surface area (Å²) in [6.45, 7) is 4.04. The molecule has 7 heteroatoms. The lowest BCUT2D eigenvalue weighted by Gasteiger charge is -2.38. The molecule has 1 aromatic carbocycles. The molecule has 4 rings (SSSR count). The maximum Gasteiger partial charge on any atom is 0.253 e. The second kappa shape index (κ2) is 7.34. The number of nitrogens with zero attached hydrogens (tertiary/aromatic N) is 2. The first-order chi connectivity index (χ1) is 10.3. The van der Waals surface area contributed by atoms with Crippen molar-refractivity contribution in [1.82, 2.24) is 15.2 Å². The molecule has 0 saturated carbocycles. The third-order valence-electron chi connectivity index (χ3n) is 5.02. The van der Waals surface area contributed by atoms with Gasteiger partial charge in [0.05, 0.1) is 15.7 Å². The summed E-state index contributed by atoms with van der Waals surface area (Å²) < 4.78 is 1.09. The largest absolute Gasteiger partial charge is 0.339 e. The van der Waals surface area contributed by atoms with Gasteiger partial charge in [-0.05, 0) is 49.4 Å². The molecule has 0 atom stereocenters. The summed E-state index contributed by atoms with van der Waals surface area (Å²) in [5.74, 6) is 0.172. The zero-order chi connectivity index (χ0) is 14.3. The van der Waals surface area contributed by atoms with E-state index >= 15 is 0 Å². The van der Waals surface area contributed by atoms with Gasteiger partial charge in [0.2, 0.25) is 0 Å². The predicted molar refractivity (Wildman–Crippen MR) is 99.2 cm³/mol. The number of aromatic nitrogens is 1. The number of piperidine rings is 1. The molecule has 3 heterocycles. The summed E-state index contributed by atoms with van der Waals surface area (Å²) in [7, 11) is 0. The number of rotatable bonds is 1. The van der Waals surface area contributed by atoms with Gasteiger partial charge in [0.25, 0.3) is 5.91 Å². The Balaban J connectivity index is 0.000000960. The monoisotopic (exact) mass is 373 g/mol. The molecule has 23 heavy (non-hydrogen) atoms. The van der Waals surface area contributed by atoms with Gasteiger partial charge in [0.1, 0.15) is 0 Å². The van der Waals surface area contributed by atoms with E-state index in [2.05, 4.69) is 10.3 Å². The van der Waals surface area contributed by atoms with Crippen LogP contribution in [0.4, 0.5) is 0 Å². The molecule has 4 nitrogen and oxygen atoms in total. The van der Waals surface area contributed by atoms with Crippen molar-refractivity contribution in [3.8, 4) is 0 Å². The number of halogens is 2. The number of benzene rings is 1. The Bertz CT molecular complexity index is 675. The number of nitrogens with one attached hydrogen (secondary N) is 1. The quantitative estimate of drug-likeness (QED) is 0.833. The standard InChI is InChI=1S/C16H19N3OS.2ClH/c20-15(12-1-2-13-14(9-12)21-11-18-13)19-7-4-16(5-8-19)3-6-17-10-16;;/h1-2,9,11,17H,3-8,10H2;2*1H. The molecule has 2 aromatic rings. The van der Waals surface area contributed by atoms with Gasteiger partial charge < -0.3 is 10.2 Å². The molecule has 1 spiro atoms. The van der Waals surface area contributed by atoms with Crippen LogP contribution in [-0.2, 0) is 0 Å². The number of carbonyl (C=O) groups is 1. The number of thiazole rings is 1. The molecule has 0 aliphatic carbocycles. The van der Waals surface area contributed by atoms with Crippen LogP contribution in [0, 0.1) is 5.41 Å². The smallest absolute Gasteiger partial charge is 0.253 e. The molecule has 1 N–H and O–H groups in total. The minimum atomic E-state index is 0. The van der Waals surface area contributed by atoms with E-state index in [1.54, 1.807) is 11.3 Å². The second-order valence-corrected chi connectivity index (χ2v) is 7.14. The molecule has 0 bridgehead atoms. The van der Waals surface area contributed by atoms with Gasteiger partial charge in [-0.15, -0.1) is 36.2 Å². The number of hydrogen-bond acceptors (Lipinski definition) is 4. The Morgan fingerprint density at radius 2 is 2.00 bits per heavy atom. The van der Waals surface area contributed by atoms with Gasteiger partial charge in [-0.2, -0.15) is 0 Å². The molecule has 0 radical (unpaired) electrons. The number of likely N-dealkylation sites (tertiary alicyclic amines) is 1. The molecule has 1 amide bonds. The lowest BCUT2D eigenvalue weighted by molar-refractivity contribution is 0.0608. The van der Waals surface area contributed by atoms with Crippen molar-refractivity contribution >= 4 is 52.3 Å². The zero-order valence-corrected chi connectivity index (χ0v) is 15.2. The van der Waals surface area contributed by atoms with Crippen LogP contribution in [0.25, 0.3) is 10.2 Å². The van der Waals surface area contributed by atoms with Crippen molar-refractivity contribution in [2.45, 2.75) is 19.3 Å². The van der Waals surface area contributed by atoms with Crippen molar-refractivity contribution in [2.75, 3.05) is 26.2 Å². The fraction of sp³-hybridized carbons (Fsp3) is 0.500. The van der Waals surface area contributed by atoms with Gasteiger partial charge >= 0.3 is 0 Å². The van der Waals surface area contributed by atoms with Crippen LogP contribution >= 0.6 is 36.2 Å². The Morgan fingerprint density at radius 3 is 2.70 bits per heavy atom. The van der Waals surface area contributed by atoms with Crippen molar-refractivity contribution in [3.63, 3.8) is 0 Å². The molecule has 1 aromatic heterocycles. The van der Waals surface area contributed by atoms with E-state index in [-0.39, 0.29) is 30.7 Å². The van der Waals surface area contributed by atoms with Crippen LogP contribution in [0.1, 0.15) is 29.6 Å². The summed E-state index contributed by atoms with van der Waals surface area (Å²) in [5.41, 5.74) is 4.06. The fourth-order valence-corrected chi connectivity index (χ4v) is 4.29. The molecular formula is C16H21Cl2N3OS. The third-order valence-corrected chi connectivity index (χ3v) is 5.81. The molecule has 2 aliphatic heterocycles. The topological polar surface area (TPSA) is 45.2 Å². The first-order valence-corrected chi connectivity index (χ1v) is 8.47. The highest BCUT2D eigenvalue weighted by atomic mass is 35.5. The maximum absolute atomic E-state index is 12.7. The van der Waals surface area contributed by atoms with E-state index < -0.39 is 0 Å². The Labute approximate surface area is 152 Å². The Morgan fingerprint density at radius 1 is 1.22 bits per heavy atom. The minimum absolute atomic E-state index is 0. The van der Waals surface area contributed by atoms with Crippen LogP contribution in [-0.4, -0.2) is 42.0 Å². The average Bonchev–Trinajstić information content (AvgIpc) is 3.16. The van der Waals surface area contributed by atoms with Gasteiger partial charge in [0, 0.05) is 25.2 Å². The Hall–Kier alpha value is -0.880. The first-order valence-electron chi connectivity index (χ1n) is 7.59. The summed E-state index contributed by atoms with van der Waals surface area (Å²) >= 11 is 1.59. The van der Waals surface area contributed by atoms with Crippen LogP contribution in [0.2, 0.25) is 0 Å². The number of hydrogen-bond donors (Lipinski definition) is 1. The highest BCUT2D eigenvalue weighted by Gasteiger charge is 2.38. The van der Waals surface area contributed by atoms with Gasteiger partial charge in [-0.25, -0.2) is 4.98 Å². The van der Waals surface area contributed by atoms with Crippen LogP contribution in [0.3, 0.4) is 0 Å². The number of fused-ring (bicyclic) bond motifs is 1. The summed E-state index contributed by atoms with van der Waals surface area (Å²) in [5, 5.41) is 3.47. The average molecular weight is 374 g/mol. The third kappa shape index (κ3) is 3.48. The zero-order valence-electron chi connectivity index (χ0n) is 12.8. The molecule has 2 aliphatic rings. The fourth-order valence-electron chi connectivity index (χ4n) is 3.58.